The standard InChI is InChI=1S/C27H36N2O3/c1-4-5-6-7-8-9-10-15-29-16-14-20-18-25-24(28(2)27(30)32-25)19-23(20)26(29)21-12-11-13-22(17-21)31-3/h11-13,17-19,26H,4-10,14-16H2,1-3H3. The first-order valence-corrected chi connectivity index (χ1v) is 12.1. The Morgan fingerprint density at radius 1 is 1.06 bits per heavy atom. The minimum Gasteiger partial charge on any atom is -0.497 e. The summed E-state index contributed by atoms with van der Waals surface area (Å²) in [6.07, 6.45) is 10.2. The number of ether oxygens (including phenoxy) is 1. The Labute approximate surface area is 191 Å². The fraction of sp³-hybridized carbons (Fsp3) is 0.519. The SMILES string of the molecule is CCCCCCCCCN1CCc2cc3oc(=O)n(C)c3cc2C1c1cccc(OC)c1. The first-order chi connectivity index (χ1) is 15.6. The largest absolute Gasteiger partial charge is 0.497 e. The number of rotatable bonds is 10. The van der Waals surface area contributed by atoms with Crippen LogP contribution in [0.5, 0.6) is 5.75 Å². The van der Waals surface area contributed by atoms with Crippen molar-refractivity contribution in [2.75, 3.05) is 20.2 Å². The van der Waals surface area contributed by atoms with Crippen LogP contribution < -0.4 is 10.5 Å². The molecule has 4 rings (SSSR count). The van der Waals surface area contributed by atoms with Gasteiger partial charge < -0.3 is 9.15 Å². The van der Waals surface area contributed by atoms with Crippen molar-refractivity contribution in [2.24, 2.45) is 7.05 Å². The van der Waals surface area contributed by atoms with Gasteiger partial charge in [-0.3, -0.25) is 9.47 Å². The Morgan fingerprint density at radius 2 is 1.84 bits per heavy atom. The lowest BCUT2D eigenvalue weighted by Gasteiger charge is -2.38. The number of methoxy groups -OCH3 is 1. The van der Waals surface area contributed by atoms with Gasteiger partial charge in [-0.1, -0.05) is 57.6 Å². The van der Waals surface area contributed by atoms with Gasteiger partial charge in [-0.25, -0.2) is 4.79 Å². The molecule has 2 heterocycles. The quantitative estimate of drug-likeness (QED) is 0.375. The molecule has 0 saturated heterocycles. The monoisotopic (exact) mass is 436 g/mol. The molecule has 0 N–H and O–H groups in total. The summed E-state index contributed by atoms with van der Waals surface area (Å²) in [4.78, 5) is 14.7. The third kappa shape index (κ3) is 4.78. The van der Waals surface area contributed by atoms with Gasteiger partial charge in [0.25, 0.3) is 0 Å². The van der Waals surface area contributed by atoms with Gasteiger partial charge in [-0.05, 0) is 60.3 Å². The van der Waals surface area contributed by atoms with Crippen molar-refractivity contribution in [1.82, 2.24) is 9.47 Å². The van der Waals surface area contributed by atoms with Crippen LogP contribution in [0.3, 0.4) is 0 Å². The molecule has 32 heavy (non-hydrogen) atoms. The number of unbranched alkanes of at least 4 members (excludes halogenated alkanes) is 6. The number of fused-ring (bicyclic) bond motifs is 2. The number of hydrogen-bond acceptors (Lipinski definition) is 4. The van der Waals surface area contributed by atoms with Crippen molar-refractivity contribution in [2.45, 2.75) is 64.3 Å². The van der Waals surface area contributed by atoms with Gasteiger partial charge in [-0.15, -0.1) is 0 Å². The van der Waals surface area contributed by atoms with E-state index in [1.54, 1.807) is 18.7 Å². The van der Waals surface area contributed by atoms with Gasteiger partial charge in [0.15, 0.2) is 5.58 Å². The lowest BCUT2D eigenvalue weighted by molar-refractivity contribution is 0.208. The highest BCUT2D eigenvalue weighted by molar-refractivity contribution is 5.76. The second-order valence-corrected chi connectivity index (χ2v) is 9.03. The molecule has 1 aliphatic heterocycles. The molecule has 1 aliphatic rings. The van der Waals surface area contributed by atoms with Crippen LogP contribution in [0.15, 0.2) is 45.6 Å². The second kappa shape index (κ2) is 10.4. The average Bonchev–Trinajstić information content (AvgIpc) is 3.09. The summed E-state index contributed by atoms with van der Waals surface area (Å²) in [5.41, 5.74) is 5.33. The van der Waals surface area contributed by atoms with Crippen LogP contribution in [-0.2, 0) is 13.5 Å². The number of oxazole rings is 1. The van der Waals surface area contributed by atoms with Crippen LogP contribution in [0.2, 0.25) is 0 Å². The van der Waals surface area contributed by atoms with E-state index in [0.29, 0.717) is 5.58 Å². The van der Waals surface area contributed by atoms with E-state index in [4.69, 9.17) is 9.15 Å². The predicted molar refractivity (Wildman–Crippen MR) is 130 cm³/mol. The Kier molecular flexibility index (Phi) is 7.36. The molecule has 0 fully saturated rings. The predicted octanol–water partition coefficient (Wildman–Crippen LogP) is 5.84. The molecule has 1 atom stereocenters. The van der Waals surface area contributed by atoms with Crippen LogP contribution in [0.4, 0.5) is 0 Å². The van der Waals surface area contributed by atoms with Crippen molar-refractivity contribution >= 4 is 11.1 Å². The van der Waals surface area contributed by atoms with E-state index in [1.165, 1.54) is 61.6 Å². The number of aromatic nitrogens is 1. The Balaban J connectivity index is 1.61. The van der Waals surface area contributed by atoms with E-state index in [1.807, 2.05) is 6.07 Å². The van der Waals surface area contributed by atoms with E-state index in [-0.39, 0.29) is 11.8 Å². The van der Waals surface area contributed by atoms with E-state index in [2.05, 4.69) is 42.2 Å². The first-order valence-electron chi connectivity index (χ1n) is 12.1. The van der Waals surface area contributed by atoms with Crippen LogP contribution in [0.25, 0.3) is 11.1 Å². The van der Waals surface area contributed by atoms with Gasteiger partial charge in [0.05, 0.1) is 18.7 Å². The number of nitrogens with zero attached hydrogens (tertiary/aromatic N) is 2. The summed E-state index contributed by atoms with van der Waals surface area (Å²) in [5, 5.41) is 0. The van der Waals surface area contributed by atoms with Gasteiger partial charge in [0.2, 0.25) is 0 Å². The summed E-state index contributed by atoms with van der Waals surface area (Å²) in [6.45, 7) is 4.35. The van der Waals surface area contributed by atoms with Crippen LogP contribution in [-0.4, -0.2) is 29.7 Å². The highest BCUT2D eigenvalue weighted by atomic mass is 16.5. The molecule has 5 nitrogen and oxygen atoms in total. The molecular weight excluding hydrogens is 400 g/mol. The minimum atomic E-state index is -0.305. The van der Waals surface area contributed by atoms with E-state index >= 15 is 0 Å². The second-order valence-electron chi connectivity index (χ2n) is 9.03. The summed E-state index contributed by atoms with van der Waals surface area (Å²) in [5.74, 6) is 0.572. The third-order valence-electron chi connectivity index (χ3n) is 6.84. The molecule has 0 amide bonds. The molecule has 1 aromatic heterocycles. The molecular formula is C27H36N2O3. The number of hydrogen-bond donors (Lipinski definition) is 0. The van der Waals surface area contributed by atoms with E-state index in [0.717, 1.165) is 30.8 Å². The van der Waals surface area contributed by atoms with Gasteiger partial charge >= 0.3 is 5.76 Å². The van der Waals surface area contributed by atoms with Crippen LogP contribution >= 0.6 is 0 Å². The molecule has 0 bridgehead atoms. The lowest BCUT2D eigenvalue weighted by Crippen LogP contribution is -2.36. The zero-order chi connectivity index (χ0) is 22.5. The maximum absolute atomic E-state index is 12.1. The highest BCUT2D eigenvalue weighted by Gasteiger charge is 2.30. The summed E-state index contributed by atoms with van der Waals surface area (Å²) in [6, 6.07) is 12.8. The fourth-order valence-electron chi connectivity index (χ4n) is 5.01. The smallest absolute Gasteiger partial charge is 0.419 e. The lowest BCUT2D eigenvalue weighted by atomic mass is 9.87. The summed E-state index contributed by atoms with van der Waals surface area (Å²) < 4.78 is 12.6. The first kappa shape index (κ1) is 22.7. The number of aryl methyl sites for hydroxylation is 1. The van der Waals surface area contributed by atoms with Crippen molar-refractivity contribution in [3.8, 4) is 5.75 Å². The van der Waals surface area contributed by atoms with E-state index in [9.17, 15) is 4.79 Å². The van der Waals surface area contributed by atoms with E-state index < -0.39 is 0 Å². The van der Waals surface area contributed by atoms with Crippen LogP contribution in [0, 0.1) is 0 Å². The number of benzene rings is 2. The Bertz CT molecular complexity index is 1100. The molecule has 0 saturated carbocycles. The average molecular weight is 437 g/mol. The van der Waals surface area contributed by atoms with Gasteiger partial charge in [0, 0.05) is 13.6 Å². The molecule has 2 aromatic carbocycles. The molecule has 5 heteroatoms. The zero-order valence-electron chi connectivity index (χ0n) is 19.7. The third-order valence-corrected chi connectivity index (χ3v) is 6.84. The zero-order valence-corrected chi connectivity index (χ0v) is 19.7. The van der Waals surface area contributed by atoms with Gasteiger partial charge in [0.1, 0.15) is 5.75 Å². The molecule has 1 unspecified atom stereocenters. The van der Waals surface area contributed by atoms with Gasteiger partial charge in [-0.2, -0.15) is 0 Å². The molecule has 172 valence electrons. The summed E-state index contributed by atoms with van der Waals surface area (Å²) >= 11 is 0. The Hall–Kier alpha value is -2.53. The van der Waals surface area contributed by atoms with Crippen LogP contribution in [0.1, 0.15) is 74.6 Å². The maximum atomic E-state index is 12.1. The fourth-order valence-corrected chi connectivity index (χ4v) is 5.01. The van der Waals surface area contributed by atoms with Crippen molar-refractivity contribution in [3.05, 3.63) is 63.6 Å². The molecule has 0 spiro atoms. The summed E-state index contributed by atoms with van der Waals surface area (Å²) in [7, 11) is 3.50. The highest BCUT2D eigenvalue weighted by Crippen LogP contribution is 2.38. The maximum Gasteiger partial charge on any atom is 0.419 e. The Morgan fingerprint density at radius 3 is 2.62 bits per heavy atom. The molecule has 3 aromatic rings. The normalized spacial score (nSPS) is 16.4. The molecule has 0 aliphatic carbocycles. The molecule has 0 radical (unpaired) electrons. The topological polar surface area (TPSA) is 47.6 Å². The van der Waals surface area contributed by atoms with Crippen molar-refractivity contribution in [1.29, 1.82) is 0 Å². The van der Waals surface area contributed by atoms with Crippen molar-refractivity contribution < 1.29 is 9.15 Å². The minimum absolute atomic E-state index is 0.156. The van der Waals surface area contributed by atoms with Crippen molar-refractivity contribution in [3.63, 3.8) is 0 Å².